The molecule has 3 atom stereocenters. The number of rotatable bonds is 3. The Morgan fingerprint density at radius 2 is 2.00 bits per heavy atom. The molecule has 0 aromatic heterocycles. The van der Waals surface area contributed by atoms with E-state index in [1.165, 1.54) is 12.1 Å². The molecule has 0 saturated carbocycles. The van der Waals surface area contributed by atoms with Gasteiger partial charge in [0.1, 0.15) is 12.3 Å². The summed E-state index contributed by atoms with van der Waals surface area (Å²) in [6.45, 7) is 5.41. The first kappa shape index (κ1) is 21.9. The molecule has 31 heavy (non-hydrogen) atoms. The molecular weight excluding hydrogens is 413 g/mol. The van der Waals surface area contributed by atoms with Gasteiger partial charge in [-0.25, -0.2) is 4.79 Å². The van der Waals surface area contributed by atoms with E-state index >= 15 is 0 Å². The van der Waals surface area contributed by atoms with Crippen LogP contribution in [0.25, 0.3) is 0 Å². The molecule has 3 saturated heterocycles. The lowest BCUT2D eigenvalue weighted by molar-refractivity contribution is -0.190. The summed E-state index contributed by atoms with van der Waals surface area (Å²) < 4.78 is 49.6. The predicted molar refractivity (Wildman–Crippen MR) is 105 cm³/mol. The van der Waals surface area contributed by atoms with Gasteiger partial charge in [-0.2, -0.15) is 13.2 Å². The van der Waals surface area contributed by atoms with E-state index in [-0.39, 0.29) is 30.4 Å². The van der Waals surface area contributed by atoms with Crippen molar-refractivity contribution in [2.75, 3.05) is 19.7 Å². The van der Waals surface area contributed by atoms with E-state index in [4.69, 9.17) is 9.47 Å². The number of hydrogen-bond donors (Lipinski definition) is 0. The van der Waals surface area contributed by atoms with Crippen molar-refractivity contribution in [2.24, 2.45) is 11.8 Å². The van der Waals surface area contributed by atoms with Crippen molar-refractivity contribution >= 4 is 12.0 Å². The molecule has 1 aromatic rings. The van der Waals surface area contributed by atoms with Gasteiger partial charge in [-0.15, -0.1) is 0 Å². The Labute approximate surface area is 179 Å². The van der Waals surface area contributed by atoms with Crippen molar-refractivity contribution in [1.29, 1.82) is 0 Å². The maximum Gasteiger partial charge on any atom is 0.416 e. The molecule has 1 spiro atoms. The first-order valence-corrected chi connectivity index (χ1v) is 10.7. The number of nitrogens with zero attached hydrogens (tertiary/aromatic N) is 2. The first-order valence-electron chi connectivity index (χ1n) is 10.7. The van der Waals surface area contributed by atoms with Crippen LogP contribution >= 0.6 is 0 Å². The molecule has 2 amide bonds. The van der Waals surface area contributed by atoms with Crippen LogP contribution in [0.4, 0.5) is 18.0 Å². The van der Waals surface area contributed by atoms with Crippen LogP contribution in [0.3, 0.4) is 0 Å². The second-order valence-corrected chi connectivity index (χ2v) is 8.91. The molecule has 0 N–H and O–H groups in total. The monoisotopic (exact) mass is 440 g/mol. The average molecular weight is 440 g/mol. The normalized spacial score (nSPS) is 28.5. The molecule has 3 aliphatic heterocycles. The fraction of sp³-hybridized carbons (Fsp3) is 0.636. The molecule has 3 fully saturated rings. The Kier molecular flexibility index (Phi) is 5.66. The molecule has 0 radical (unpaired) electrons. The maximum absolute atomic E-state index is 12.7. The van der Waals surface area contributed by atoms with Gasteiger partial charge in [-0.05, 0) is 30.0 Å². The van der Waals surface area contributed by atoms with Gasteiger partial charge in [0.05, 0.1) is 18.2 Å². The third-order valence-corrected chi connectivity index (χ3v) is 6.71. The maximum atomic E-state index is 12.7. The molecule has 9 heteroatoms. The second kappa shape index (κ2) is 8.00. The number of hydrogen-bond acceptors (Lipinski definition) is 4. The van der Waals surface area contributed by atoms with E-state index in [1.807, 2.05) is 4.90 Å². The predicted octanol–water partition coefficient (Wildman–Crippen LogP) is 4.04. The number of carbonyl (C=O) groups excluding carboxylic acids is 2. The minimum absolute atomic E-state index is 0.0151. The van der Waals surface area contributed by atoms with Crippen LogP contribution in [0, 0.1) is 11.8 Å². The van der Waals surface area contributed by atoms with Crippen molar-refractivity contribution in [3.05, 3.63) is 35.4 Å². The van der Waals surface area contributed by atoms with Gasteiger partial charge in [-0.1, -0.05) is 26.0 Å². The SMILES string of the molecule is CC(C)[C@H]1CO[C@]23CCN(C(=O)OCc4ccc(C(F)(F)F)cc4)C[C@H]2CCC(=O)N13. The zero-order valence-electron chi connectivity index (χ0n) is 17.7. The molecular formula is C22H27F3N2O4. The van der Waals surface area contributed by atoms with Crippen LogP contribution in [0.5, 0.6) is 0 Å². The Morgan fingerprint density at radius 1 is 1.29 bits per heavy atom. The largest absolute Gasteiger partial charge is 0.445 e. The highest BCUT2D eigenvalue weighted by Gasteiger charge is 2.59. The molecule has 0 bridgehead atoms. The Hall–Kier alpha value is -2.29. The first-order chi connectivity index (χ1) is 14.6. The summed E-state index contributed by atoms with van der Waals surface area (Å²) in [5, 5.41) is 0. The zero-order chi connectivity index (χ0) is 22.4. The second-order valence-electron chi connectivity index (χ2n) is 8.91. The van der Waals surface area contributed by atoms with Crippen LogP contribution in [-0.2, 0) is 27.1 Å². The van der Waals surface area contributed by atoms with Crippen LogP contribution in [0.1, 0.15) is 44.2 Å². The number of benzene rings is 1. The number of ether oxygens (including phenoxy) is 2. The van der Waals surface area contributed by atoms with E-state index in [0.717, 1.165) is 12.1 Å². The summed E-state index contributed by atoms with van der Waals surface area (Å²) in [5.74, 6) is 0.418. The van der Waals surface area contributed by atoms with Crippen LogP contribution in [-0.4, -0.2) is 53.3 Å². The highest BCUT2D eigenvalue weighted by atomic mass is 19.4. The average Bonchev–Trinajstić information content (AvgIpc) is 3.12. The Balaban J connectivity index is 1.38. The number of halogens is 3. The molecule has 0 aliphatic carbocycles. The molecule has 1 aromatic carbocycles. The lowest BCUT2D eigenvalue weighted by Gasteiger charge is -2.52. The van der Waals surface area contributed by atoms with E-state index in [0.29, 0.717) is 44.5 Å². The lowest BCUT2D eigenvalue weighted by Crippen LogP contribution is -2.65. The Bertz CT molecular complexity index is 842. The van der Waals surface area contributed by atoms with Crippen molar-refractivity contribution in [3.63, 3.8) is 0 Å². The highest BCUT2D eigenvalue weighted by Crippen LogP contribution is 2.47. The fourth-order valence-electron chi connectivity index (χ4n) is 4.97. The Morgan fingerprint density at radius 3 is 2.65 bits per heavy atom. The summed E-state index contributed by atoms with van der Waals surface area (Å²) in [6, 6.07) is 4.62. The van der Waals surface area contributed by atoms with Crippen molar-refractivity contribution in [2.45, 2.75) is 57.7 Å². The van der Waals surface area contributed by atoms with Crippen LogP contribution < -0.4 is 0 Å². The van der Waals surface area contributed by atoms with Gasteiger partial charge in [0.25, 0.3) is 0 Å². The molecule has 170 valence electrons. The summed E-state index contributed by atoms with van der Waals surface area (Å²) in [5.41, 5.74) is -0.895. The minimum Gasteiger partial charge on any atom is -0.445 e. The number of alkyl halides is 3. The fourth-order valence-corrected chi connectivity index (χ4v) is 4.97. The molecule has 0 unspecified atom stereocenters. The van der Waals surface area contributed by atoms with Crippen LogP contribution in [0.15, 0.2) is 24.3 Å². The van der Waals surface area contributed by atoms with Gasteiger partial charge < -0.3 is 19.3 Å². The lowest BCUT2D eigenvalue weighted by atomic mass is 9.79. The number of carbonyl (C=O) groups is 2. The minimum atomic E-state index is -4.40. The van der Waals surface area contributed by atoms with Crippen molar-refractivity contribution in [1.82, 2.24) is 9.80 Å². The van der Waals surface area contributed by atoms with Crippen molar-refractivity contribution in [3.8, 4) is 0 Å². The summed E-state index contributed by atoms with van der Waals surface area (Å²) >= 11 is 0. The number of piperidine rings is 2. The van der Waals surface area contributed by atoms with E-state index in [1.54, 1.807) is 4.90 Å². The molecule has 3 aliphatic rings. The zero-order valence-corrected chi connectivity index (χ0v) is 17.7. The van der Waals surface area contributed by atoms with Gasteiger partial charge in [-0.3, -0.25) is 4.79 Å². The van der Waals surface area contributed by atoms with E-state index in [2.05, 4.69) is 13.8 Å². The van der Waals surface area contributed by atoms with Gasteiger partial charge in [0.15, 0.2) is 0 Å². The number of likely N-dealkylation sites (tertiary alicyclic amines) is 1. The quantitative estimate of drug-likeness (QED) is 0.712. The standard InChI is InChI=1S/C22H27F3N2O4/c1-14(2)18-13-31-21-9-10-26(11-17(21)7-8-19(28)27(18)21)20(29)30-12-15-3-5-16(6-4-15)22(23,24)25/h3-6,14,17-18H,7-13H2,1-2H3/t17-,18-,21-/m1/s1. The smallest absolute Gasteiger partial charge is 0.416 e. The molecule has 3 heterocycles. The van der Waals surface area contributed by atoms with Gasteiger partial charge >= 0.3 is 12.3 Å². The van der Waals surface area contributed by atoms with E-state index < -0.39 is 23.6 Å². The highest BCUT2D eigenvalue weighted by molar-refractivity contribution is 5.79. The number of amides is 2. The summed E-state index contributed by atoms with van der Waals surface area (Å²) in [6.07, 6.45) is -3.28. The van der Waals surface area contributed by atoms with Gasteiger partial charge in [0, 0.05) is 31.8 Å². The summed E-state index contributed by atoms with van der Waals surface area (Å²) in [4.78, 5) is 28.8. The van der Waals surface area contributed by atoms with Gasteiger partial charge in [0.2, 0.25) is 5.91 Å². The van der Waals surface area contributed by atoms with Crippen molar-refractivity contribution < 1.29 is 32.2 Å². The van der Waals surface area contributed by atoms with Crippen LogP contribution in [0.2, 0.25) is 0 Å². The van der Waals surface area contributed by atoms with E-state index in [9.17, 15) is 22.8 Å². The third kappa shape index (κ3) is 4.00. The summed E-state index contributed by atoms with van der Waals surface area (Å²) in [7, 11) is 0. The third-order valence-electron chi connectivity index (χ3n) is 6.71. The molecule has 4 rings (SSSR count). The topological polar surface area (TPSA) is 59.1 Å². The molecule has 6 nitrogen and oxygen atoms in total.